The summed E-state index contributed by atoms with van der Waals surface area (Å²) in [5, 5.41) is 0. The van der Waals surface area contributed by atoms with E-state index in [4.69, 9.17) is 4.74 Å². The lowest BCUT2D eigenvalue weighted by molar-refractivity contribution is 0.355. The second-order valence-corrected chi connectivity index (χ2v) is 3.32. The number of ether oxygens (including phenoxy) is 1. The molecule has 11 heavy (non-hydrogen) atoms. The van der Waals surface area contributed by atoms with E-state index < -0.39 is 0 Å². The zero-order valence-electron chi connectivity index (χ0n) is 7.51. The van der Waals surface area contributed by atoms with Crippen LogP contribution in [0.3, 0.4) is 0 Å². The van der Waals surface area contributed by atoms with Gasteiger partial charge >= 0.3 is 0 Å². The summed E-state index contributed by atoms with van der Waals surface area (Å²) < 4.78 is 5.43. The highest BCUT2D eigenvalue weighted by molar-refractivity contribution is 4.82. The summed E-state index contributed by atoms with van der Waals surface area (Å²) in [5.74, 6) is 0. The van der Waals surface area contributed by atoms with Crippen LogP contribution in [0.25, 0.3) is 0 Å². The van der Waals surface area contributed by atoms with Crippen LogP contribution in [0.1, 0.15) is 45.4 Å². The van der Waals surface area contributed by atoms with Crippen LogP contribution in [-0.4, -0.2) is 12.2 Å². The van der Waals surface area contributed by atoms with Gasteiger partial charge in [-0.25, -0.2) is 0 Å². The average Bonchev–Trinajstić information content (AvgIpc) is 2.77. The fourth-order valence-corrected chi connectivity index (χ4v) is 1.49. The molecule has 0 amide bonds. The van der Waals surface area contributed by atoms with Gasteiger partial charge in [-0.15, -0.1) is 0 Å². The van der Waals surface area contributed by atoms with E-state index >= 15 is 0 Å². The molecule has 65 valence electrons. The molecule has 0 aliphatic carbocycles. The highest BCUT2D eigenvalue weighted by atomic mass is 16.6. The third-order valence-electron chi connectivity index (χ3n) is 2.33. The van der Waals surface area contributed by atoms with Crippen molar-refractivity contribution in [3.05, 3.63) is 6.92 Å². The van der Waals surface area contributed by atoms with Crippen molar-refractivity contribution in [2.24, 2.45) is 0 Å². The van der Waals surface area contributed by atoms with Crippen molar-refractivity contribution in [1.82, 2.24) is 0 Å². The molecule has 0 aromatic carbocycles. The Morgan fingerprint density at radius 2 is 2.00 bits per heavy atom. The van der Waals surface area contributed by atoms with Crippen molar-refractivity contribution in [3.63, 3.8) is 0 Å². The lowest BCUT2D eigenvalue weighted by Gasteiger charge is -1.94. The van der Waals surface area contributed by atoms with Gasteiger partial charge < -0.3 is 4.74 Å². The monoisotopic (exact) mass is 155 g/mol. The van der Waals surface area contributed by atoms with Crippen molar-refractivity contribution >= 4 is 0 Å². The molecule has 1 heteroatoms. The van der Waals surface area contributed by atoms with Crippen molar-refractivity contribution < 1.29 is 4.74 Å². The molecular weight excluding hydrogens is 136 g/mol. The van der Waals surface area contributed by atoms with E-state index in [-0.39, 0.29) is 0 Å². The summed E-state index contributed by atoms with van der Waals surface area (Å²) in [6, 6.07) is 0. The minimum absolute atomic E-state index is 0.606. The molecule has 1 rings (SSSR count). The number of unbranched alkanes of at least 4 members (excludes halogenated alkanes) is 3. The first kappa shape index (κ1) is 9.05. The third-order valence-corrected chi connectivity index (χ3v) is 2.33. The first-order valence-corrected chi connectivity index (χ1v) is 4.83. The van der Waals surface area contributed by atoms with Crippen LogP contribution in [0.5, 0.6) is 0 Å². The molecule has 1 radical (unpaired) electrons. The van der Waals surface area contributed by atoms with Crippen LogP contribution in [0.15, 0.2) is 0 Å². The molecule has 0 spiro atoms. The molecule has 1 aliphatic rings. The molecule has 0 aromatic rings. The lowest BCUT2D eigenvalue weighted by atomic mass is 10.1. The minimum Gasteiger partial charge on any atom is -0.370 e. The van der Waals surface area contributed by atoms with Crippen LogP contribution in [0, 0.1) is 6.92 Å². The van der Waals surface area contributed by atoms with Gasteiger partial charge in [-0.3, -0.25) is 0 Å². The van der Waals surface area contributed by atoms with Crippen LogP contribution in [0.4, 0.5) is 0 Å². The Labute approximate surface area is 70.1 Å². The normalized spacial score (nSPS) is 28.9. The average molecular weight is 155 g/mol. The standard InChI is InChI=1S/C10H19O/c1-3-5-6-7-8-10-9(4-2)11-10/h9-10H,1,3-8H2,2H3. The molecule has 0 bridgehead atoms. The third kappa shape index (κ3) is 3.24. The molecule has 2 atom stereocenters. The molecule has 0 aromatic heterocycles. The smallest absolute Gasteiger partial charge is 0.0841 e. The Hall–Kier alpha value is -0.0400. The maximum atomic E-state index is 5.43. The summed E-state index contributed by atoms with van der Waals surface area (Å²) in [6.45, 7) is 6.01. The van der Waals surface area contributed by atoms with Crippen molar-refractivity contribution in [2.75, 3.05) is 0 Å². The quantitative estimate of drug-likeness (QED) is 0.424. The maximum absolute atomic E-state index is 5.43. The Balaban J connectivity index is 1.82. The maximum Gasteiger partial charge on any atom is 0.0841 e. The summed E-state index contributed by atoms with van der Waals surface area (Å²) in [7, 11) is 0. The summed E-state index contributed by atoms with van der Waals surface area (Å²) >= 11 is 0. The molecule has 0 N–H and O–H groups in total. The zero-order chi connectivity index (χ0) is 8.10. The molecule has 1 aliphatic heterocycles. The van der Waals surface area contributed by atoms with Gasteiger partial charge in [0.1, 0.15) is 0 Å². The van der Waals surface area contributed by atoms with E-state index in [1.165, 1.54) is 32.1 Å². The first-order chi connectivity index (χ1) is 5.38. The van der Waals surface area contributed by atoms with Gasteiger partial charge in [-0.05, 0) is 12.8 Å². The molecule has 1 saturated heterocycles. The van der Waals surface area contributed by atoms with Gasteiger partial charge in [-0.2, -0.15) is 0 Å². The Bertz CT molecular complexity index is 101. The van der Waals surface area contributed by atoms with E-state index in [1.807, 2.05) is 0 Å². The summed E-state index contributed by atoms with van der Waals surface area (Å²) in [5.41, 5.74) is 0. The second kappa shape index (κ2) is 4.76. The minimum atomic E-state index is 0.606. The largest absolute Gasteiger partial charge is 0.370 e. The van der Waals surface area contributed by atoms with Gasteiger partial charge in [0.15, 0.2) is 0 Å². The van der Waals surface area contributed by atoms with E-state index in [9.17, 15) is 0 Å². The van der Waals surface area contributed by atoms with Gasteiger partial charge in [0, 0.05) is 0 Å². The van der Waals surface area contributed by atoms with Gasteiger partial charge in [0.05, 0.1) is 12.2 Å². The highest BCUT2D eigenvalue weighted by Gasteiger charge is 2.35. The predicted molar refractivity (Wildman–Crippen MR) is 47.4 cm³/mol. The van der Waals surface area contributed by atoms with Crippen LogP contribution < -0.4 is 0 Å². The molecule has 1 fully saturated rings. The highest BCUT2D eigenvalue weighted by Crippen LogP contribution is 2.29. The summed E-state index contributed by atoms with van der Waals surface area (Å²) in [6.07, 6.45) is 8.72. The Morgan fingerprint density at radius 1 is 1.18 bits per heavy atom. The predicted octanol–water partition coefficient (Wildman–Crippen LogP) is 2.95. The van der Waals surface area contributed by atoms with Crippen LogP contribution in [0.2, 0.25) is 0 Å². The van der Waals surface area contributed by atoms with Gasteiger partial charge in [-0.1, -0.05) is 39.5 Å². The van der Waals surface area contributed by atoms with Gasteiger partial charge in [0.2, 0.25) is 0 Å². The van der Waals surface area contributed by atoms with E-state index in [1.54, 1.807) is 0 Å². The van der Waals surface area contributed by atoms with E-state index in [0.717, 1.165) is 6.42 Å². The Kier molecular flexibility index (Phi) is 3.92. The SMILES string of the molecule is [CH2]CCCCCC1OC1CC. The zero-order valence-corrected chi connectivity index (χ0v) is 7.51. The van der Waals surface area contributed by atoms with Crippen molar-refractivity contribution in [2.45, 2.75) is 57.7 Å². The second-order valence-electron chi connectivity index (χ2n) is 3.32. The van der Waals surface area contributed by atoms with E-state index in [0.29, 0.717) is 12.2 Å². The Morgan fingerprint density at radius 3 is 2.55 bits per heavy atom. The fraction of sp³-hybridized carbons (Fsp3) is 0.900. The summed E-state index contributed by atoms with van der Waals surface area (Å²) in [4.78, 5) is 0. The number of epoxide rings is 1. The van der Waals surface area contributed by atoms with E-state index in [2.05, 4.69) is 13.8 Å². The number of hydrogen-bond acceptors (Lipinski definition) is 1. The van der Waals surface area contributed by atoms with Crippen LogP contribution >= 0.6 is 0 Å². The molecule has 1 heterocycles. The first-order valence-electron chi connectivity index (χ1n) is 4.83. The molecule has 1 nitrogen and oxygen atoms in total. The molecule has 0 saturated carbocycles. The van der Waals surface area contributed by atoms with Gasteiger partial charge in [0.25, 0.3) is 0 Å². The lowest BCUT2D eigenvalue weighted by Crippen LogP contribution is -1.91. The topological polar surface area (TPSA) is 12.5 Å². The van der Waals surface area contributed by atoms with Crippen LogP contribution in [-0.2, 0) is 4.74 Å². The van der Waals surface area contributed by atoms with Crippen molar-refractivity contribution in [1.29, 1.82) is 0 Å². The number of rotatable bonds is 6. The molecular formula is C10H19O. The molecule has 2 unspecified atom stereocenters. The fourth-order valence-electron chi connectivity index (χ4n) is 1.49. The number of hydrogen-bond donors (Lipinski definition) is 0. The van der Waals surface area contributed by atoms with Crippen molar-refractivity contribution in [3.8, 4) is 0 Å².